The summed E-state index contributed by atoms with van der Waals surface area (Å²) in [5, 5.41) is 3.16. The molecule has 0 saturated heterocycles. The standard InChI is InChI=1S/C12H17F2N/c1-3-4-8-15-9(2)10-6-5-7-11(13)12(10)14/h5-7,9,15H,3-4,8H2,1-2H3. The van der Waals surface area contributed by atoms with Crippen LogP contribution in [0.3, 0.4) is 0 Å². The maximum Gasteiger partial charge on any atom is 0.163 e. The number of rotatable bonds is 5. The van der Waals surface area contributed by atoms with Crippen molar-refractivity contribution in [2.45, 2.75) is 32.7 Å². The fourth-order valence-corrected chi connectivity index (χ4v) is 1.46. The van der Waals surface area contributed by atoms with Gasteiger partial charge in [-0.25, -0.2) is 8.78 Å². The highest BCUT2D eigenvalue weighted by atomic mass is 19.2. The number of unbranched alkanes of at least 4 members (excludes halogenated alkanes) is 1. The third kappa shape index (κ3) is 3.27. The summed E-state index contributed by atoms with van der Waals surface area (Å²) in [7, 11) is 0. The van der Waals surface area contributed by atoms with Crippen LogP contribution >= 0.6 is 0 Å². The van der Waals surface area contributed by atoms with Crippen molar-refractivity contribution < 1.29 is 8.78 Å². The molecular formula is C12H17F2N. The van der Waals surface area contributed by atoms with Gasteiger partial charge in [-0.2, -0.15) is 0 Å². The number of halogens is 2. The Hall–Kier alpha value is -0.960. The molecule has 3 heteroatoms. The second-order valence-corrected chi connectivity index (χ2v) is 3.67. The fraction of sp³-hybridized carbons (Fsp3) is 0.500. The van der Waals surface area contributed by atoms with E-state index in [9.17, 15) is 8.78 Å². The Morgan fingerprint density at radius 3 is 2.73 bits per heavy atom. The van der Waals surface area contributed by atoms with Crippen LogP contribution in [-0.2, 0) is 0 Å². The van der Waals surface area contributed by atoms with Crippen LogP contribution in [0, 0.1) is 11.6 Å². The highest BCUT2D eigenvalue weighted by Crippen LogP contribution is 2.18. The maximum absolute atomic E-state index is 13.3. The van der Waals surface area contributed by atoms with Gasteiger partial charge in [0.2, 0.25) is 0 Å². The van der Waals surface area contributed by atoms with Gasteiger partial charge in [-0.3, -0.25) is 0 Å². The van der Waals surface area contributed by atoms with Gasteiger partial charge in [-0.05, 0) is 26.0 Å². The molecule has 1 unspecified atom stereocenters. The average molecular weight is 213 g/mol. The van der Waals surface area contributed by atoms with Crippen LogP contribution in [0.15, 0.2) is 18.2 Å². The van der Waals surface area contributed by atoms with Crippen molar-refractivity contribution in [2.24, 2.45) is 0 Å². The lowest BCUT2D eigenvalue weighted by molar-refractivity contribution is 0.470. The summed E-state index contributed by atoms with van der Waals surface area (Å²) >= 11 is 0. The molecule has 0 spiro atoms. The zero-order valence-electron chi connectivity index (χ0n) is 9.19. The highest BCUT2D eigenvalue weighted by molar-refractivity contribution is 5.21. The molecule has 0 aromatic heterocycles. The molecule has 84 valence electrons. The van der Waals surface area contributed by atoms with Crippen LogP contribution in [0.4, 0.5) is 8.78 Å². The van der Waals surface area contributed by atoms with Gasteiger partial charge in [-0.1, -0.05) is 25.5 Å². The summed E-state index contributed by atoms with van der Waals surface area (Å²) in [6.45, 7) is 4.76. The topological polar surface area (TPSA) is 12.0 Å². The predicted octanol–water partition coefficient (Wildman–Crippen LogP) is 3.42. The van der Waals surface area contributed by atoms with Gasteiger partial charge in [0.05, 0.1) is 0 Å². The Bertz CT molecular complexity index is 312. The maximum atomic E-state index is 13.3. The van der Waals surface area contributed by atoms with Crippen molar-refractivity contribution in [3.8, 4) is 0 Å². The van der Waals surface area contributed by atoms with Crippen LogP contribution in [0.1, 0.15) is 38.3 Å². The molecule has 0 bridgehead atoms. The first-order valence-corrected chi connectivity index (χ1v) is 5.34. The molecule has 1 aromatic carbocycles. The van der Waals surface area contributed by atoms with Crippen molar-refractivity contribution in [1.29, 1.82) is 0 Å². The summed E-state index contributed by atoms with van der Waals surface area (Å²) in [6, 6.07) is 4.14. The van der Waals surface area contributed by atoms with Gasteiger partial charge in [0.15, 0.2) is 11.6 Å². The normalized spacial score (nSPS) is 12.8. The second-order valence-electron chi connectivity index (χ2n) is 3.67. The van der Waals surface area contributed by atoms with Gasteiger partial charge in [0.25, 0.3) is 0 Å². The third-order valence-corrected chi connectivity index (χ3v) is 2.43. The Balaban J connectivity index is 2.65. The van der Waals surface area contributed by atoms with Gasteiger partial charge in [0, 0.05) is 11.6 Å². The quantitative estimate of drug-likeness (QED) is 0.739. The largest absolute Gasteiger partial charge is 0.310 e. The zero-order valence-corrected chi connectivity index (χ0v) is 9.19. The molecule has 0 aliphatic heterocycles. The van der Waals surface area contributed by atoms with E-state index in [1.54, 1.807) is 6.07 Å². The molecule has 0 aliphatic carbocycles. The third-order valence-electron chi connectivity index (χ3n) is 2.43. The molecular weight excluding hydrogens is 196 g/mol. The minimum Gasteiger partial charge on any atom is -0.310 e. The van der Waals surface area contributed by atoms with E-state index in [-0.39, 0.29) is 6.04 Å². The predicted molar refractivity (Wildman–Crippen MR) is 57.7 cm³/mol. The summed E-state index contributed by atoms with van der Waals surface area (Å²) in [5.41, 5.74) is 0.395. The molecule has 0 aliphatic rings. The number of benzene rings is 1. The molecule has 1 aromatic rings. The van der Waals surface area contributed by atoms with E-state index in [0.29, 0.717) is 5.56 Å². The van der Waals surface area contributed by atoms with E-state index in [0.717, 1.165) is 25.5 Å². The van der Waals surface area contributed by atoms with Gasteiger partial charge in [0.1, 0.15) is 0 Å². The SMILES string of the molecule is CCCCNC(C)c1cccc(F)c1F. The summed E-state index contributed by atoms with van der Waals surface area (Å²) < 4.78 is 26.3. The molecule has 0 fully saturated rings. The van der Waals surface area contributed by atoms with Crippen molar-refractivity contribution in [3.63, 3.8) is 0 Å². The van der Waals surface area contributed by atoms with Crippen LogP contribution in [0.25, 0.3) is 0 Å². The molecule has 1 atom stereocenters. The van der Waals surface area contributed by atoms with Crippen molar-refractivity contribution in [1.82, 2.24) is 5.32 Å². The van der Waals surface area contributed by atoms with Crippen LogP contribution < -0.4 is 5.32 Å². The summed E-state index contributed by atoms with van der Waals surface area (Å²) in [5.74, 6) is -1.52. The first-order valence-electron chi connectivity index (χ1n) is 5.34. The van der Waals surface area contributed by atoms with E-state index in [2.05, 4.69) is 12.2 Å². The van der Waals surface area contributed by atoms with Crippen LogP contribution in [0.5, 0.6) is 0 Å². The van der Waals surface area contributed by atoms with E-state index in [1.807, 2.05) is 6.92 Å². The molecule has 0 saturated carbocycles. The Morgan fingerprint density at radius 1 is 1.33 bits per heavy atom. The first-order chi connectivity index (χ1) is 7.16. The fourth-order valence-electron chi connectivity index (χ4n) is 1.46. The smallest absolute Gasteiger partial charge is 0.163 e. The summed E-state index contributed by atoms with van der Waals surface area (Å²) in [4.78, 5) is 0. The molecule has 0 amide bonds. The minimum absolute atomic E-state index is 0.146. The average Bonchev–Trinajstić information content (AvgIpc) is 2.22. The molecule has 0 radical (unpaired) electrons. The lowest BCUT2D eigenvalue weighted by Crippen LogP contribution is -2.21. The number of hydrogen-bond acceptors (Lipinski definition) is 1. The lowest BCUT2D eigenvalue weighted by Gasteiger charge is -2.14. The molecule has 1 rings (SSSR count). The van der Waals surface area contributed by atoms with Gasteiger partial charge >= 0.3 is 0 Å². The Labute approximate surface area is 89.5 Å². The van der Waals surface area contributed by atoms with Gasteiger partial charge in [-0.15, -0.1) is 0 Å². The lowest BCUT2D eigenvalue weighted by atomic mass is 10.1. The summed E-state index contributed by atoms with van der Waals surface area (Å²) in [6.07, 6.45) is 2.13. The minimum atomic E-state index is -0.781. The van der Waals surface area contributed by atoms with E-state index in [4.69, 9.17) is 0 Å². The monoisotopic (exact) mass is 213 g/mol. The van der Waals surface area contributed by atoms with Gasteiger partial charge < -0.3 is 5.32 Å². The van der Waals surface area contributed by atoms with Crippen molar-refractivity contribution in [3.05, 3.63) is 35.4 Å². The Kier molecular flexibility index (Phi) is 4.69. The van der Waals surface area contributed by atoms with Crippen LogP contribution in [0.2, 0.25) is 0 Å². The van der Waals surface area contributed by atoms with Crippen molar-refractivity contribution >= 4 is 0 Å². The van der Waals surface area contributed by atoms with Crippen LogP contribution in [-0.4, -0.2) is 6.54 Å². The van der Waals surface area contributed by atoms with E-state index in [1.165, 1.54) is 6.07 Å². The first kappa shape index (κ1) is 12.1. The zero-order chi connectivity index (χ0) is 11.3. The molecule has 0 heterocycles. The molecule has 1 nitrogen and oxygen atoms in total. The highest BCUT2D eigenvalue weighted by Gasteiger charge is 2.12. The molecule has 1 N–H and O–H groups in total. The Morgan fingerprint density at radius 2 is 2.07 bits per heavy atom. The number of hydrogen-bond donors (Lipinski definition) is 1. The van der Waals surface area contributed by atoms with E-state index >= 15 is 0 Å². The molecule has 15 heavy (non-hydrogen) atoms. The van der Waals surface area contributed by atoms with Crippen molar-refractivity contribution in [2.75, 3.05) is 6.54 Å². The van der Waals surface area contributed by atoms with E-state index < -0.39 is 11.6 Å². The second kappa shape index (κ2) is 5.81. The number of nitrogens with one attached hydrogen (secondary N) is 1.